The Balaban J connectivity index is 1.43. The smallest absolute Gasteiger partial charge is 0.137 e. The number of pyridine rings is 1. The average Bonchev–Trinajstić information content (AvgIpc) is 3.32. The van der Waals surface area contributed by atoms with Crippen LogP contribution in [0.25, 0.3) is 11.0 Å². The van der Waals surface area contributed by atoms with Gasteiger partial charge in [0.2, 0.25) is 0 Å². The van der Waals surface area contributed by atoms with Crippen molar-refractivity contribution in [1.82, 2.24) is 14.9 Å². The van der Waals surface area contributed by atoms with Crippen LogP contribution >= 0.6 is 0 Å². The van der Waals surface area contributed by atoms with Crippen molar-refractivity contribution in [2.45, 2.75) is 32.4 Å². The van der Waals surface area contributed by atoms with Crippen LogP contribution in [0, 0.1) is 6.92 Å². The molecule has 3 aromatic rings. The summed E-state index contributed by atoms with van der Waals surface area (Å²) in [4.78, 5) is 10.3. The van der Waals surface area contributed by atoms with Crippen molar-refractivity contribution < 1.29 is 9.47 Å². The monoisotopic (exact) mass is 365 g/mol. The van der Waals surface area contributed by atoms with Crippen LogP contribution in [0.2, 0.25) is 0 Å². The van der Waals surface area contributed by atoms with E-state index in [4.69, 9.17) is 9.47 Å². The highest BCUT2D eigenvalue weighted by atomic mass is 16.5. The standard InChI is InChI=1S/C22H27N3O2/c1-16-7-9-17(10-8-16)26-14-12-25(2)15-19-18-5-3-11-23-22(18)24-21(19)20-6-4-13-27-20/h3,5,7-11,20H,4,6,12-15H2,1-2H3,(H,23,24)/t20-/m1/s1. The van der Waals surface area contributed by atoms with Crippen molar-refractivity contribution in [3.05, 3.63) is 59.4 Å². The number of aromatic amines is 1. The maximum absolute atomic E-state index is 5.94. The van der Waals surface area contributed by atoms with Crippen molar-refractivity contribution in [2.24, 2.45) is 0 Å². The summed E-state index contributed by atoms with van der Waals surface area (Å²) in [6, 6.07) is 12.3. The molecule has 0 bridgehead atoms. The van der Waals surface area contributed by atoms with Crippen molar-refractivity contribution in [3.8, 4) is 5.75 Å². The Bertz CT molecular complexity index is 882. The van der Waals surface area contributed by atoms with Gasteiger partial charge in [-0.2, -0.15) is 0 Å². The van der Waals surface area contributed by atoms with Crippen LogP contribution in [-0.4, -0.2) is 41.7 Å². The van der Waals surface area contributed by atoms with E-state index in [0.717, 1.165) is 43.9 Å². The van der Waals surface area contributed by atoms with Crippen molar-refractivity contribution >= 4 is 11.0 Å². The minimum atomic E-state index is 0.159. The van der Waals surface area contributed by atoms with Gasteiger partial charge in [-0.05, 0) is 56.6 Å². The van der Waals surface area contributed by atoms with Crippen LogP contribution in [0.5, 0.6) is 5.75 Å². The maximum Gasteiger partial charge on any atom is 0.137 e. The van der Waals surface area contributed by atoms with E-state index in [0.29, 0.717) is 6.61 Å². The summed E-state index contributed by atoms with van der Waals surface area (Å²) in [5.74, 6) is 0.922. The summed E-state index contributed by atoms with van der Waals surface area (Å²) in [6.07, 6.45) is 4.18. The molecule has 27 heavy (non-hydrogen) atoms. The summed E-state index contributed by atoms with van der Waals surface area (Å²) < 4.78 is 11.8. The van der Waals surface area contributed by atoms with E-state index >= 15 is 0 Å². The Hall–Kier alpha value is -2.37. The van der Waals surface area contributed by atoms with Gasteiger partial charge >= 0.3 is 0 Å². The van der Waals surface area contributed by atoms with Gasteiger partial charge in [0.15, 0.2) is 0 Å². The molecule has 1 saturated heterocycles. The molecule has 5 nitrogen and oxygen atoms in total. The van der Waals surface area contributed by atoms with Crippen LogP contribution in [0.15, 0.2) is 42.6 Å². The molecule has 1 fully saturated rings. The quantitative estimate of drug-likeness (QED) is 0.681. The number of hydrogen-bond donors (Lipinski definition) is 1. The van der Waals surface area contributed by atoms with E-state index in [1.165, 1.54) is 22.2 Å². The van der Waals surface area contributed by atoms with Crippen LogP contribution < -0.4 is 4.74 Å². The average molecular weight is 365 g/mol. The van der Waals surface area contributed by atoms with E-state index in [9.17, 15) is 0 Å². The number of rotatable bonds is 7. The van der Waals surface area contributed by atoms with E-state index in [-0.39, 0.29) is 6.10 Å². The van der Waals surface area contributed by atoms with Gasteiger partial charge in [0, 0.05) is 31.3 Å². The van der Waals surface area contributed by atoms with Crippen LogP contribution in [0.3, 0.4) is 0 Å². The van der Waals surface area contributed by atoms with Crippen molar-refractivity contribution in [1.29, 1.82) is 0 Å². The Morgan fingerprint density at radius 1 is 1.26 bits per heavy atom. The molecule has 0 unspecified atom stereocenters. The molecule has 1 aliphatic heterocycles. The second-order valence-corrected chi connectivity index (χ2v) is 7.32. The second-order valence-electron chi connectivity index (χ2n) is 7.32. The second kappa shape index (κ2) is 8.11. The summed E-state index contributed by atoms with van der Waals surface area (Å²) in [7, 11) is 2.13. The number of nitrogens with zero attached hydrogens (tertiary/aromatic N) is 2. The van der Waals surface area contributed by atoms with Crippen LogP contribution in [0.4, 0.5) is 0 Å². The number of nitrogens with one attached hydrogen (secondary N) is 1. The Kier molecular flexibility index (Phi) is 5.41. The Morgan fingerprint density at radius 2 is 2.11 bits per heavy atom. The number of ether oxygens (including phenoxy) is 2. The molecule has 0 saturated carbocycles. The number of H-pyrrole nitrogens is 1. The third-order valence-corrected chi connectivity index (χ3v) is 5.15. The van der Waals surface area contributed by atoms with Gasteiger partial charge in [0.05, 0.1) is 11.8 Å². The van der Waals surface area contributed by atoms with Gasteiger partial charge in [0.1, 0.15) is 18.0 Å². The number of likely N-dealkylation sites (N-methyl/N-ethyl adjacent to an activating group) is 1. The van der Waals surface area contributed by atoms with E-state index < -0.39 is 0 Å². The van der Waals surface area contributed by atoms with E-state index in [2.05, 4.69) is 47.0 Å². The first kappa shape index (κ1) is 18.0. The molecule has 1 atom stereocenters. The molecule has 142 valence electrons. The first-order chi connectivity index (χ1) is 13.2. The Morgan fingerprint density at radius 3 is 2.89 bits per heavy atom. The van der Waals surface area contributed by atoms with E-state index in [1.807, 2.05) is 24.4 Å². The molecule has 0 amide bonds. The van der Waals surface area contributed by atoms with Gasteiger partial charge < -0.3 is 14.5 Å². The lowest BCUT2D eigenvalue weighted by molar-refractivity contribution is 0.107. The molecular formula is C22H27N3O2. The minimum Gasteiger partial charge on any atom is -0.492 e. The lowest BCUT2D eigenvalue weighted by atomic mass is 10.1. The lowest BCUT2D eigenvalue weighted by Gasteiger charge is -2.19. The fraction of sp³-hybridized carbons (Fsp3) is 0.409. The highest BCUT2D eigenvalue weighted by Gasteiger charge is 2.24. The molecule has 0 aliphatic carbocycles. The predicted molar refractivity (Wildman–Crippen MR) is 107 cm³/mol. The topological polar surface area (TPSA) is 50.4 Å². The van der Waals surface area contributed by atoms with Crippen LogP contribution in [-0.2, 0) is 11.3 Å². The normalized spacial score (nSPS) is 17.1. The number of hydrogen-bond acceptors (Lipinski definition) is 4. The molecule has 2 aromatic heterocycles. The summed E-state index contributed by atoms with van der Waals surface area (Å²) in [5.41, 5.74) is 4.67. The van der Waals surface area contributed by atoms with Gasteiger partial charge in [-0.15, -0.1) is 0 Å². The molecule has 1 aromatic carbocycles. The molecular weight excluding hydrogens is 338 g/mol. The van der Waals surface area contributed by atoms with Crippen molar-refractivity contribution in [3.63, 3.8) is 0 Å². The molecule has 0 radical (unpaired) electrons. The predicted octanol–water partition coefficient (Wildman–Crippen LogP) is 4.23. The van der Waals surface area contributed by atoms with Gasteiger partial charge in [-0.25, -0.2) is 4.98 Å². The molecule has 0 spiro atoms. The lowest BCUT2D eigenvalue weighted by Crippen LogP contribution is -2.24. The minimum absolute atomic E-state index is 0.159. The zero-order valence-corrected chi connectivity index (χ0v) is 16.1. The largest absolute Gasteiger partial charge is 0.492 e. The highest BCUT2D eigenvalue weighted by molar-refractivity contribution is 5.81. The number of aryl methyl sites for hydroxylation is 1. The van der Waals surface area contributed by atoms with Crippen molar-refractivity contribution in [2.75, 3.05) is 26.8 Å². The fourth-order valence-electron chi connectivity index (χ4n) is 3.65. The van der Waals surface area contributed by atoms with Gasteiger partial charge in [-0.1, -0.05) is 17.7 Å². The number of fused-ring (bicyclic) bond motifs is 1. The third kappa shape index (κ3) is 4.15. The summed E-state index contributed by atoms with van der Waals surface area (Å²) in [6.45, 7) is 5.28. The maximum atomic E-state index is 5.94. The summed E-state index contributed by atoms with van der Waals surface area (Å²) >= 11 is 0. The number of aromatic nitrogens is 2. The Labute approximate surface area is 160 Å². The zero-order chi connectivity index (χ0) is 18.6. The molecule has 4 rings (SSSR count). The first-order valence-electron chi connectivity index (χ1n) is 9.66. The highest BCUT2D eigenvalue weighted by Crippen LogP contribution is 2.34. The SMILES string of the molecule is Cc1ccc(OCCN(C)Cc2c([C@H]3CCCO3)[nH]c3ncccc23)cc1. The third-order valence-electron chi connectivity index (χ3n) is 5.15. The van der Waals surface area contributed by atoms with Crippen LogP contribution in [0.1, 0.15) is 35.8 Å². The van der Waals surface area contributed by atoms with E-state index in [1.54, 1.807) is 0 Å². The molecule has 3 heterocycles. The zero-order valence-electron chi connectivity index (χ0n) is 16.1. The number of benzene rings is 1. The molecule has 1 N–H and O–H groups in total. The molecule has 1 aliphatic rings. The summed E-state index contributed by atoms with van der Waals surface area (Å²) in [5, 5.41) is 1.19. The first-order valence-corrected chi connectivity index (χ1v) is 9.66. The van der Waals surface area contributed by atoms with Gasteiger partial charge in [-0.3, -0.25) is 4.90 Å². The van der Waals surface area contributed by atoms with Gasteiger partial charge in [0.25, 0.3) is 0 Å². The molecule has 5 heteroatoms. The fourth-order valence-corrected chi connectivity index (χ4v) is 3.65.